The van der Waals surface area contributed by atoms with Gasteiger partial charge in [0.2, 0.25) is 5.91 Å². The first-order valence-corrected chi connectivity index (χ1v) is 8.58. The molecule has 1 aliphatic rings. The number of benzene rings is 1. The van der Waals surface area contributed by atoms with Crippen molar-refractivity contribution in [2.45, 2.75) is 39.3 Å². The molecule has 1 saturated heterocycles. The second-order valence-corrected chi connectivity index (χ2v) is 6.99. The number of aromatic nitrogens is 1. The SMILES string of the molecule is Cc1cc(C)c(-c2csc(NC(=O)C3CC(O)CN3)n2)cc1C. The Labute approximate surface area is 139 Å². The predicted molar refractivity (Wildman–Crippen MR) is 92.8 cm³/mol. The monoisotopic (exact) mass is 331 g/mol. The van der Waals surface area contributed by atoms with E-state index in [1.165, 1.54) is 28.0 Å². The Morgan fingerprint density at radius 2 is 2.04 bits per heavy atom. The van der Waals surface area contributed by atoms with E-state index in [1.807, 2.05) is 5.38 Å². The highest BCUT2D eigenvalue weighted by Gasteiger charge is 2.28. The Kier molecular flexibility index (Phi) is 4.48. The summed E-state index contributed by atoms with van der Waals surface area (Å²) in [5, 5.41) is 17.9. The van der Waals surface area contributed by atoms with Crippen LogP contribution in [0, 0.1) is 20.8 Å². The molecule has 1 aromatic heterocycles. The smallest absolute Gasteiger partial charge is 0.243 e. The number of rotatable bonds is 3. The Morgan fingerprint density at radius 3 is 2.74 bits per heavy atom. The first kappa shape index (κ1) is 16.1. The summed E-state index contributed by atoms with van der Waals surface area (Å²) in [5.41, 5.74) is 5.65. The van der Waals surface area contributed by atoms with Gasteiger partial charge in [0, 0.05) is 17.5 Å². The maximum atomic E-state index is 12.2. The molecule has 2 aromatic rings. The van der Waals surface area contributed by atoms with Gasteiger partial charge in [-0.05, 0) is 49.9 Å². The summed E-state index contributed by atoms with van der Waals surface area (Å²) < 4.78 is 0. The molecule has 0 bridgehead atoms. The number of aliphatic hydroxyl groups excluding tert-OH is 1. The lowest BCUT2D eigenvalue weighted by molar-refractivity contribution is -0.117. The van der Waals surface area contributed by atoms with Crippen molar-refractivity contribution in [2.24, 2.45) is 0 Å². The Morgan fingerprint density at radius 1 is 1.30 bits per heavy atom. The fourth-order valence-corrected chi connectivity index (χ4v) is 3.51. The van der Waals surface area contributed by atoms with Crippen molar-refractivity contribution in [1.29, 1.82) is 0 Å². The number of nitrogens with zero attached hydrogens (tertiary/aromatic N) is 1. The average Bonchev–Trinajstić information content (AvgIpc) is 3.12. The number of β-amino-alcohol motifs (C(OH)–C–C–N with tert-alkyl or cyclic N) is 1. The third-order valence-electron chi connectivity index (χ3n) is 4.28. The molecule has 6 heteroatoms. The van der Waals surface area contributed by atoms with Crippen molar-refractivity contribution < 1.29 is 9.90 Å². The fraction of sp³-hybridized carbons (Fsp3) is 0.412. The number of aryl methyl sites for hydroxylation is 3. The molecule has 122 valence electrons. The standard InChI is InChI=1S/C17H21N3O2S/c1-9-4-11(3)13(5-10(9)2)15-8-23-17(19-15)20-16(22)14-6-12(21)7-18-14/h4-5,8,12,14,18,21H,6-7H2,1-3H3,(H,19,20,22). The molecule has 23 heavy (non-hydrogen) atoms. The highest BCUT2D eigenvalue weighted by molar-refractivity contribution is 7.14. The first-order chi connectivity index (χ1) is 10.9. The minimum Gasteiger partial charge on any atom is -0.392 e. The van der Waals surface area contributed by atoms with Crippen LogP contribution in [0.1, 0.15) is 23.1 Å². The van der Waals surface area contributed by atoms with Gasteiger partial charge in [0.25, 0.3) is 0 Å². The van der Waals surface area contributed by atoms with Crippen LogP contribution in [0.25, 0.3) is 11.3 Å². The second kappa shape index (κ2) is 6.39. The van der Waals surface area contributed by atoms with Crippen LogP contribution >= 0.6 is 11.3 Å². The number of carbonyl (C=O) groups excluding carboxylic acids is 1. The molecule has 1 aromatic carbocycles. The highest BCUT2D eigenvalue weighted by atomic mass is 32.1. The van der Waals surface area contributed by atoms with Crippen LogP contribution in [-0.2, 0) is 4.79 Å². The van der Waals surface area contributed by atoms with Crippen molar-refractivity contribution in [3.05, 3.63) is 34.2 Å². The van der Waals surface area contributed by atoms with E-state index in [-0.39, 0.29) is 11.9 Å². The summed E-state index contributed by atoms with van der Waals surface area (Å²) in [7, 11) is 0. The lowest BCUT2D eigenvalue weighted by Gasteiger charge is -2.09. The maximum Gasteiger partial charge on any atom is 0.243 e. The van der Waals surface area contributed by atoms with Crippen LogP contribution < -0.4 is 10.6 Å². The van der Waals surface area contributed by atoms with Gasteiger partial charge in [-0.1, -0.05) is 6.07 Å². The van der Waals surface area contributed by atoms with Crippen LogP contribution in [0.4, 0.5) is 5.13 Å². The van der Waals surface area contributed by atoms with Gasteiger partial charge in [-0.25, -0.2) is 4.98 Å². The molecule has 2 atom stereocenters. The number of anilines is 1. The molecule has 2 heterocycles. The summed E-state index contributed by atoms with van der Waals surface area (Å²) in [5.74, 6) is -0.140. The van der Waals surface area contributed by atoms with E-state index in [1.54, 1.807) is 0 Å². The van der Waals surface area contributed by atoms with E-state index in [2.05, 4.69) is 48.5 Å². The van der Waals surface area contributed by atoms with E-state index < -0.39 is 6.10 Å². The number of thiazole rings is 1. The minimum atomic E-state index is -0.448. The molecule has 1 amide bonds. The average molecular weight is 331 g/mol. The third-order valence-corrected chi connectivity index (χ3v) is 5.03. The van der Waals surface area contributed by atoms with Crippen molar-refractivity contribution in [1.82, 2.24) is 10.3 Å². The Bertz CT molecular complexity index is 741. The van der Waals surface area contributed by atoms with Gasteiger partial charge in [0.05, 0.1) is 17.8 Å². The van der Waals surface area contributed by atoms with E-state index in [0.29, 0.717) is 18.1 Å². The molecule has 1 aliphatic heterocycles. The molecule has 0 spiro atoms. The summed E-state index contributed by atoms with van der Waals surface area (Å²) in [6.45, 7) is 6.72. The zero-order chi connectivity index (χ0) is 16.6. The quantitative estimate of drug-likeness (QED) is 0.807. The third kappa shape index (κ3) is 3.44. The van der Waals surface area contributed by atoms with E-state index in [9.17, 15) is 9.90 Å². The summed E-state index contributed by atoms with van der Waals surface area (Å²) in [4.78, 5) is 16.7. The molecule has 1 fully saturated rings. The minimum absolute atomic E-state index is 0.140. The zero-order valence-corrected chi connectivity index (χ0v) is 14.3. The van der Waals surface area contributed by atoms with Gasteiger partial charge in [0.15, 0.2) is 5.13 Å². The molecule has 0 saturated carbocycles. The zero-order valence-electron chi connectivity index (χ0n) is 13.5. The maximum absolute atomic E-state index is 12.2. The number of amides is 1. The largest absolute Gasteiger partial charge is 0.392 e. The number of nitrogens with one attached hydrogen (secondary N) is 2. The van der Waals surface area contributed by atoms with Gasteiger partial charge in [-0.2, -0.15) is 0 Å². The first-order valence-electron chi connectivity index (χ1n) is 7.70. The van der Waals surface area contributed by atoms with E-state index >= 15 is 0 Å². The molecular weight excluding hydrogens is 310 g/mol. The molecule has 5 nitrogen and oxygen atoms in total. The van der Waals surface area contributed by atoms with Gasteiger partial charge >= 0.3 is 0 Å². The fourth-order valence-electron chi connectivity index (χ4n) is 2.80. The second-order valence-electron chi connectivity index (χ2n) is 6.13. The Balaban J connectivity index is 1.76. The van der Waals surface area contributed by atoms with Gasteiger partial charge < -0.3 is 15.7 Å². The molecular formula is C17H21N3O2S. The van der Waals surface area contributed by atoms with E-state index in [0.717, 1.165) is 11.3 Å². The van der Waals surface area contributed by atoms with Gasteiger partial charge in [0.1, 0.15) is 0 Å². The molecule has 0 aliphatic carbocycles. The van der Waals surface area contributed by atoms with E-state index in [4.69, 9.17) is 0 Å². The van der Waals surface area contributed by atoms with Crippen LogP contribution in [0.2, 0.25) is 0 Å². The van der Waals surface area contributed by atoms with Crippen LogP contribution in [0.15, 0.2) is 17.5 Å². The molecule has 0 radical (unpaired) electrons. The lowest BCUT2D eigenvalue weighted by Crippen LogP contribution is -2.35. The Hall–Kier alpha value is -1.76. The number of hydrogen-bond acceptors (Lipinski definition) is 5. The lowest BCUT2D eigenvalue weighted by atomic mass is 9.99. The number of aliphatic hydroxyl groups is 1. The normalized spacial score (nSPS) is 20.7. The van der Waals surface area contributed by atoms with Crippen LogP contribution in [0.5, 0.6) is 0 Å². The molecule has 3 rings (SSSR count). The molecule has 2 unspecified atom stereocenters. The van der Waals surface area contributed by atoms with Crippen molar-refractivity contribution >= 4 is 22.4 Å². The van der Waals surface area contributed by atoms with Crippen LogP contribution in [0.3, 0.4) is 0 Å². The van der Waals surface area contributed by atoms with Crippen LogP contribution in [-0.4, -0.2) is 34.7 Å². The van der Waals surface area contributed by atoms with Gasteiger partial charge in [-0.15, -0.1) is 11.3 Å². The number of carbonyl (C=O) groups is 1. The summed E-state index contributed by atoms with van der Waals surface area (Å²) in [6, 6.07) is 3.95. The predicted octanol–water partition coefficient (Wildman–Crippen LogP) is 2.40. The van der Waals surface area contributed by atoms with Crippen molar-refractivity contribution in [3.8, 4) is 11.3 Å². The summed E-state index contributed by atoms with van der Waals surface area (Å²) in [6.07, 6.45) is -0.00357. The molecule has 3 N–H and O–H groups in total. The summed E-state index contributed by atoms with van der Waals surface area (Å²) >= 11 is 1.42. The highest BCUT2D eigenvalue weighted by Crippen LogP contribution is 2.29. The van der Waals surface area contributed by atoms with Crippen molar-refractivity contribution in [3.63, 3.8) is 0 Å². The topological polar surface area (TPSA) is 74.2 Å². The van der Waals surface area contributed by atoms with Crippen molar-refractivity contribution in [2.75, 3.05) is 11.9 Å². The van der Waals surface area contributed by atoms with Gasteiger partial charge in [-0.3, -0.25) is 4.79 Å². The number of hydrogen-bond donors (Lipinski definition) is 3.